The Balaban J connectivity index is 2.30. The summed E-state index contributed by atoms with van der Waals surface area (Å²) in [5.41, 5.74) is 8.26. The summed E-state index contributed by atoms with van der Waals surface area (Å²) < 4.78 is 7.15. The van der Waals surface area contributed by atoms with Gasteiger partial charge in [-0.3, -0.25) is 10.1 Å². The Labute approximate surface area is 106 Å². The third-order valence-electron chi connectivity index (χ3n) is 2.82. The normalized spacial score (nSPS) is 10.3. The van der Waals surface area contributed by atoms with Crippen molar-refractivity contribution < 1.29 is 4.74 Å². The van der Waals surface area contributed by atoms with Gasteiger partial charge in [0.15, 0.2) is 0 Å². The second kappa shape index (κ2) is 4.91. The molecule has 0 aliphatic carbocycles. The molecule has 2 aromatic rings. The third-order valence-corrected chi connectivity index (χ3v) is 2.82. The number of amidine groups is 1. The first kappa shape index (κ1) is 12.2. The first-order valence-corrected chi connectivity index (χ1v) is 5.61. The lowest BCUT2D eigenvalue weighted by atomic mass is 10.1. The molecule has 0 aliphatic rings. The molecule has 5 heteroatoms. The molecule has 0 amide bonds. The van der Waals surface area contributed by atoms with E-state index < -0.39 is 0 Å². The lowest BCUT2D eigenvalue weighted by Crippen LogP contribution is -2.13. The zero-order valence-electron chi connectivity index (χ0n) is 10.5. The molecule has 0 spiro atoms. The summed E-state index contributed by atoms with van der Waals surface area (Å²) in [6.07, 6.45) is 1.77. The van der Waals surface area contributed by atoms with Crippen LogP contribution in [0, 0.1) is 12.3 Å². The van der Waals surface area contributed by atoms with E-state index in [1.165, 1.54) is 0 Å². The Morgan fingerprint density at radius 3 is 2.78 bits per heavy atom. The Morgan fingerprint density at radius 2 is 2.22 bits per heavy atom. The van der Waals surface area contributed by atoms with Crippen molar-refractivity contribution in [1.82, 2.24) is 9.78 Å². The molecular formula is C13H16N4O. The highest BCUT2D eigenvalue weighted by molar-refractivity contribution is 5.97. The quantitative estimate of drug-likeness (QED) is 0.632. The van der Waals surface area contributed by atoms with Crippen molar-refractivity contribution in [2.75, 3.05) is 7.11 Å². The van der Waals surface area contributed by atoms with Gasteiger partial charge in [0.2, 0.25) is 0 Å². The van der Waals surface area contributed by atoms with Crippen molar-refractivity contribution in [3.63, 3.8) is 0 Å². The highest BCUT2D eigenvalue weighted by atomic mass is 16.5. The van der Waals surface area contributed by atoms with Crippen molar-refractivity contribution in [3.05, 3.63) is 47.3 Å². The molecule has 0 atom stereocenters. The van der Waals surface area contributed by atoms with Gasteiger partial charge in [-0.25, -0.2) is 0 Å². The number of benzene rings is 1. The minimum atomic E-state index is 0.00803. The number of nitrogens with zero attached hydrogens (tertiary/aromatic N) is 2. The molecule has 0 aliphatic heterocycles. The summed E-state index contributed by atoms with van der Waals surface area (Å²) in [6.45, 7) is 2.68. The average molecular weight is 244 g/mol. The van der Waals surface area contributed by atoms with Gasteiger partial charge in [-0.1, -0.05) is 6.07 Å². The molecule has 0 saturated heterocycles. The molecule has 1 aromatic heterocycles. The first-order valence-electron chi connectivity index (χ1n) is 5.61. The molecule has 0 radical (unpaired) electrons. The van der Waals surface area contributed by atoms with Gasteiger partial charge >= 0.3 is 0 Å². The van der Waals surface area contributed by atoms with Crippen molar-refractivity contribution >= 4 is 5.84 Å². The van der Waals surface area contributed by atoms with Gasteiger partial charge in [0.05, 0.1) is 19.2 Å². The van der Waals surface area contributed by atoms with Crippen LogP contribution in [0.15, 0.2) is 30.5 Å². The molecule has 2 rings (SSSR count). The van der Waals surface area contributed by atoms with Crippen LogP contribution in [0.1, 0.15) is 16.8 Å². The molecule has 5 nitrogen and oxygen atoms in total. The standard InChI is InChI=1S/C13H16N4O/c1-9-5-6-16-17(9)8-10-3-4-11(13(14)15)12(7-10)18-2/h3-7H,8H2,1-2H3,(H3,14,15). The summed E-state index contributed by atoms with van der Waals surface area (Å²) in [6, 6.07) is 7.58. The van der Waals surface area contributed by atoms with E-state index >= 15 is 0 Å². The van der Waals surface area contributed by atoms with Crippen LogP contribution in [0.5, 0.6) is 5.75 Å². The van der Waals surface area contributed by atoms with E-state index in [2.05, 4.69) is 5.10 Å². The Hall–Kier alpha value is -2.30. The number of nitrogen functional groups attached to an aromatic ring is 1. The van der Waals surface area contributed by atoms with E-state index in [9.17, 15) is 0 Å². The largest absolute Gasteiger partial charge is 0.496 e. The van der Waals surface area contributed by atoms with Crippen molar-refractivity contribution in [2.45, 2.75) is 13.5 Å². The SMILES string of the molecule is COc1cc(Cn2nccc2C)ccc1C(=N)N. The smallest absolute Gasteiger partial charge is 0.130 e. The minimum Gasteiger partial charge on any atom is -0.496 e. The minimum absolute atomic E-state index is 0.00803. The number of methoxy groups -OCH3 is 1. The Bertz CT molecular complexity index is 574. The monoisotopic (exact) mass is 244 g/mol. The van der Waals surface area contributed by atoms with Gasteiger partial charge in [0.1, 0.15) is 11.6 Å². The van der Waals surface area contributed by atoms with E-state index in [0.29, 0.717) is 17.9 Å². The summed E-state index contributed by atoms with van der Waals surface area (Å²) in [5.74, 6) is 0.624. The predicted octanol–water partition coefficient (Wildman–Crippen LogP) is 1.53. The number of hydrogen-bond donors (Lipinski definition) is 2. The molecule has 0 saturated carbocycles. The van der Waals surface area contributed by atoms with E-state index in [0.717, 1.165) is 11.3 Å². The number of hydrogen-bond acceptors (Lipinski definition) is 3. The average Bonchev–Trinajstić information content (AvgIpc) is 2.74. The predicted molar refractivity (Wildman–Crippen MR) is 70.1 cm³/mol. The van der Waals surface area contributed by atoms with Crippen LogP contribution in [-0.2, 0) is 6.54 Å². The van der Waals surface area contributed by atoms with Crippen LogP contribution < -0.4 is 10.5 Å². The molecule has 0 bridgehead atoms. The number of nitrogens with two attached hydrogens (primary N) is 1. The molecule has 18 heavy (non-hydrogen) atoms. The maximum atomic E-state index is 7.46. The molecule has 0 fully saturated rings. The lowest BCUT2D eigenvalue weighted by Gasteiger charge is -2.10. The highest BCUT2D eigenvalue weighted by Crippen LogP contribution is 2.20. The van der Waals surface area contributed by atoms with Crippen LogP contribution in [0.4, 0.5) is 0 Å². The highest BCUT2D eigenvalue weighted by Gasteiger charge is 2.08. The summed E-state index contributed by atoms with van der Waals surface area (Å²) in [4.78, 5) is 0. The van der Waals surface area contributed by atoms with Crippen LogP contribution in [0.2, 0.25) is 0 Å². The van der Waals surface area contributed by atoms with E-state index in [1.807, 2.05) is 29.8 Å². The van der Waals surface area contributed by atoms with Crippen LogP contribution in [0.3, 0.4) is 0 Å². The molecule has 0 unspecified atom stereocenters. The van der Waals surface area contributed by atoms with Crippen molar-refractivity contribution in [2.24, 2.45) is 5.73 Å². The van der Waals surface area contributed by atoms with E-state index in [1.54, 1.807) is 19.4 Å². The van der Waals surface area contributed by atoms with Crippen molar-refractivity contribution in [3.8, 4) is 5.75 Å². The van der Waals surface area contributed by atoms with Gasteiger partial charge in [0.25, 0.3) is 0 Å². The summed E-state index contributed by atoms with van der Waals surface area (Å²) in [5, 5.41) is 11.7. The topological polar surface area (TPSA) is 76.9 Å². The van der Waals surface area contributed by atoms with Gasteiger partial charge in [0, 0.05) is 11.9 Å². The van der Waals surface area contributed by atoms with Crippen LogP contribution in [0.25, 0.3) is 0 Å². The van der Waals surface area contributed by atoms with Gasteiger partial charge in [-0.15, -0.1) is 0 Å². The third kappa shape index (κ3) is 2.34. The maximum absolute atomic E-state index is 7.46. The first-order chi connectivity index (χ1) is 8.61. The number of aromatic nitrogens is 2. The fourth-order valence-electron chi connectivity index (χ4n) is 1.79. The van der Waals surface area contributed by atoms with Crippen molar-refractivity contribution in [1.29, 1.82) is 5.41 Å². The Kier molecular flexibility index (Phi) is 3.32. The number of rotatable bonds is 4. The maximum Gasteiger partial charge on any atom is 0.130 e. The van der Waals surface area contributed by atoms with E-state index in [4.69, 9.17) is 15.9 Å². The summed E-state index contributed by atoms with van der Waals surface area (Å²) >= 11 is 0. The van der Waals surface area contributed by atoms with Gasteiger partial charge in [-0.2, -0.15) is 5.10 Å². The van der Waals surface area contributed by atoms with Crippen LogP contribution in [-0.4, -0.2) is 22.7 Å². The molecule has 1 aromatic carbocycles. The number of ether oxygens (including phenoxy) is 1. The summed E-state index contributed by atoms with van der Waals surface area (Å²) in [7, 11) is 1.57. The Morgan fingerprint density at radius 1 is 1.44 bits per heavy atom. The number of aryl methyl sites for hydroxylation is 1. The zero-order valence-corrected chi connectivity index (χ0v) is 10.5. The molecule has 3 N–H and O–H groups in total. The van der Waals surface area contributed by atoms with Gasteiger partial charge < -0.3 is 10.5 Å². The molecular weight excluding hydrogens is 228 g/mol. The fourth-order valence-corrected chi connectivity index (χ4v) is 1.79. The lowest BCUT2D eigenvalue weighted by molar-refractivity contribution is 0.413. The van der Waals surface area contributed by atoms with E-state index in [-0.39, 0.29) is 5.84 Å². The zero-order chi connectivity index (χ0) is 13.1. The number of nitrogens with one attached hydrogen (secondary N) is 1. The second-order valence-corrected chi connectivity index (χ2v) is 4.08. The van der Waals surface area contributed by atoms with Gasteiger partial charge in [-0.05, 0) is 30.7 Å². The second-order valence-electron chi connectivity index (χ2n) is 4.08. The molecule has 1 heterocycles. The van der Waals surface area contributed by atoms with Crippen LogP contribution >= 0.6 is 0 Å². The fraction of sp³-hybridized carbons (Fsp3) is 0.231. The molecule has 94 valence electrons.